The molecule has 3 rings (SSSR count). The normalized spacial score (nSPS) is 22.2. The summed E-state index contributed by atoms with van der Waals surface area (Å²) in [5.41, 5.74) is 1.71. The molecule has 1 aromatic carbocycles. The van der Waals surface area contributed by atoms with Gasteiger partial charge in [0.25, 0.3) is 5.91 Å². The van der Waals surface area contributed by atoms with Crippen LogP contribution in [0.1, 0.15) is 49.4 Å². The lowest BCUT2D eigenvalue weighted by Gasteiger charge is -2.31. The Hall–Kier alpha value is -2.33. The number of hydrogen-bond donors (Lipinski definition) is 2. The number of esters is 1. The summed E-state index contributed by atoms with van der Waals surface area (Å²) in [7, 11) is 1.32. The Morgan fingerprint density at radius 3 is 2.59 bits per heavy atom. The first kappa shape index (κ1) is 24.3. The van der Waals surface area contributed by atoms with Crippen LogP contribution in [-0.2, 0) is 14.3 Å². The van der Waals surface area contributed by atoms with Crippen LogP contribution in [0.3, 0.4) is 0 Å². The van der Waals surface area contributed by atoms with Crippen molar-refractivity contribution in [2.75, 3.05) is 13.7 Å². The van der Waals surface area contributed by atoms with Gasteiger partial charge in [0.15, 0.2) is 5.17 Å². The fourth-order valence-electron chi connectivity index (χ4n) is 4.01. The molecule has 8 nitrogen and oxygen atoms in total. The Bertz CT molecular complexity index is 884. The molecule has 2 atom stereocenters. The summed E-state index contributed by atoms with van der Waals surface area (Å²) in [6.07, 6.45) is 4.41. The number of ether oxygens (including phenoxy) is 1. The SMILES string of the molecule is COC(=O)CCNC(=O)C1SC(=NC(=O)c2ccc(SC=N)cc2)N(C2CCCC2)C1C. The van der Waals surface area contributed by atoms with Crippen LogP contribution in [0, 0.1) is 5.41 Å². The quantitative estimate of drug-likeness (QED) is 0.256. The summed E-state index contributed by atoms with van der Waals surface area (Å²) in [4.78, 5) is 44.4. The Balaban J connectivity index is 1.75. The van der Waals surface area contributed by atoms with Gasteiger partial charge >= 0.3 is 5.97 Å². The van der Waals surface area contributed by atoms with E-state index >= 15 is 0 Å². The second-order valence-corrected chi connectivity index (χ2v) is 9.75. The Labute approximate surface area is 196 Å². The Kier molecular flexibility index (Phi) is 8.75. The molecular weight excluding hydrogens is 448 g/mol. The van der Waals surface area contributed by atoms with Crippen molar-refractivity contribution in [1.29, 1.82) is 5.41 Å². The third kappa shape index (κ3) is 5.92. The zero-order valence-electron chi connectivity index (χ0n) is 18.2. The van der Waals surface area contributed by atoms with Crippen molar-refractivity contribution in [3.05, 3.63) is 29.8 Å². The maximum Gasteiger partial charge on any atom is 0.307 e. The van der Waals surface area contributed by atoms with Gasteiger partial charge in [0.1, 0.15) is 5.25 Å². The first-order valence-corrected chi connectivity index (χ1v) is 12.4. The second-order valence-electron chi connectivity index (χ2n) is 7.70. The van der Waals surface area contributed by atoms with E-state index in [1.165, 1.54) is 36.2 Å². The van der Waals surface area contributed by atoms with Gasteiger partial charge in [0.2, 0.25) is 5.91 Å². The summed E-state index contributed by atoms with van der Waals surface area (Å²) >= 11 is 2.58. The van der Waals surface area contributed by atoms with Crippen molar-refractivity contribution in [2.45, 2.75) is 61.3 Å². The van der Waals surface area contributed by atoms with E-state index in [2.05, 4.69) is 19.9 Å². The third-order valence-electron chi connectivity index (χ3n) is 5.66. The largest absolute Gasteiger partial charge is 0.469 e. The number of rotatable bonds is 8. The molecular formula is C22H28N4O4S2. The molecule has 0 aromatic heterocycles. The van der Waals surface area contributed by atoms with Crippen molar-refractivity contribution in [2.24, 2.45) is 4.99 Å². The number of carbonyl (C=O) groups is 3. The van der Waals surface area contributed by atoms with Gasteiger partial charge in [-0.15, -0.1) is 0 Å². The van der Waals surface area contributed by atoms with Gasteiger partial charge in [0.05, 0.1) is 19.1 Å². The van der Waals surface area contributed by atoms with Crippen molar-refractivity contribution in [3.63, 3.8) is 0 Å². The van der Waals surface area contributed by atoms with Gasteiger partial charge in [-0.2, -0.15) is 4.99 Å². The average molecular weight is 477 g/mol. The van der Waals surface area contributed by atoms with Gasteiger partial charge in [0, 0.05) is 29.1 Å². The summed E-state index contributed by atoms with van der Waals surface area (Å²) in [6, 6.07) is 7.15. The number of amides is 2. The highest BCUT2D eigenvalue weighted by atomic mass is 32.2. The summed E-state index contributed by atoms with van der Waals surface area (Å²) in [6.45, 7) is 2.20. The van der Waals surface area contributed by atoms with Gasteiger partial charge in [-0.1, -0.05) is 36.4 Å². The fraction of sp³-hybridized carbons (Fsp3) is 0.500. The molecule has 1 saturated heterocycles. The summed E-state index contributed by atoms with van der Waals surface area (Å²) in [5, 5.41) is 10.1. The predicted molar refractivity (Wildman–Crippen MR) is 127 cm³/mol. The molecule has 0 radical (unpaired) electrons. The number of aliphatic imine (C=N–C) groups is 1. The number of nitrogens with one attached hydrogen (secondary N) is 2. The van der Waals surface area contributed by atoms with Crippen LogP contribution in [0.25, 0.3) is 0 Å². The van der Waals surface area contributed by atoms with Crippen molar-refractivity contribution >= 4 is 52.0 Å². The fourth-order valence-corrected chi connectivity index (χ4v) is 5.75. The highest BCUT2D eigenvalue weighted by Crippen LogP contribution is 2.38. The average Bonchev–Trinajstić information content (AvgIpc) is 3.42. The molecule has 32 heavy (non-hydrogen) atoms. The first-order valence-electron chi connectivity index (χ1n) is 10.6. The lowest BCUT2D eigenvalue weighted by atomic mass is 10.1. The van der Waals surface area contributed by atoms with E-state index in [4.69, 9.17) is 5.41 Å². The topological polar surface area (TPSA) is 112 Å². The van der Waals surface area contributed by atoms with Crippen molar-refractivity contribution in [1.82, 2.24) is 10.2 Å². The van der Waals surface area contributed by atoms with Crippen LogP contribution in [-0.4, -0.2) is 64.4 Å². The first-order chi connectivity index (χ1) is 15.4. The highest BCUT2D eigenvalue weighted by Gasteiger charge is 2.44. The minimum atomic E-state index is -0.411. The smallest absolute Gasteiger partial charge is 0.307 e. The molecule has 1 aliphatic carbocycles. The molecule has 0 spiro atoms. The molecule has 10 heteroatoms. The minimum absolute atomic E-state index is 0.112. The number of thioether (sulfide) groups is 2. The molecule has 0 bridgehead atoms. The number of hydrogen-bond acceptors (Lipinski definition) is 7. The lowest BCUT2D eigenvalue weighted by Crippen LogP contribution is -2.46. The van der Waals surface area contributed by atoms with Crippen LogP contribution in [0.2, 0.25) is 0 Å². The van der Waals surface area contributed by atoms with Crippen LogP contribution in [0.15, 0.2) is 34.2 Å². The van der Waals surface area contributed by atoms with E-state index in [0.29, 0.717) is 10.7 Å². The molecule has 1 heterocycles. The number of methoxy groups -OCH3 is 1. The number of carbonyl (C=O) groups excluding carboxylic acids is 3. The zero-order valence-corrected chi connectivity index (χ0v) is 19.8. The molecule has 1 aromatic rings. The van der Waals surface area contributed by atoms with E-state index in [1.54, 1.807) is 24.3 Å². The van der Waals surface area contributed by atoms with Crippen molar-refractivity contribution < 1.29 is 19.1 Å². The van der Waals surface area contributed by atoms with E-state index in [1.807, 2.05) is 6.92 Å². The molecule has 2 aliphatic rings. The Morgan fingerprint density at radius 1 is 1.28 bits per heavy atom. The van der Waals surface area contributed by atoms with E-state index < -0.39 is 5.25 Å². The monoisotopic (exact) mass is 476 g/mol. The second kappa shape index (κ2) is 11.5. The molecule has 2 unspecified atom stereocenters. The van der Waals surface area contributed by atoms with Gasteiger partial charge < -0.3 is 20.4 Å². The number of amidine groups is 1. The van der Waals surface area contributed by atoms with E-state index in [9.17, 15) is 14.4 Å². The highest BCUT2D eigenvalue weighted by molar-refractivity contribution is 8.15. The van der Waals surface area contributed by atoms with Crippen LogP contribution in [0.5, 0.6) is 0 Å². The molecule has 2 fully saturated rings. The third-order valence-corrected chi connectivity index (χ3v) is 7.69. The van der Waals surface area contributed by atoms with Crippen molar-refractivity contribution in [3.8, 4) is 0 Å². The molecule has 1 saturated carbocycles. The maximum atomic E-state index is 12.9. The molecule has 2 amide bonds. The van der Waals surface area contributed by atoms with Gasteiger partial charge in [-0.05, 0) is 44.0 Å². The van der Waals surface area contributed by atoms with E-state index in [-0.39, 0.29) is 42.8 Å². The summed E-state index contributed by atoms with van der Waals surface area (Å²) < 4.78 is 4.61. The maximum absolute atomic E-state index is 12.9. The van der Waals surface area contributed by atoms with Crippen LogP contribution < -0.4 is 5.32 Å². The summed E-state index contributed by atoms with van der Waals surface area (Å²) in [5.74, 6) is -0.885. The van der Waals surface area contributed by atoms with Gasteiger partial charge in [-0.3, -0.25) is 14.4 Å². The number of nitrogens with zero attached hydrogens (tertiary/aromatic N) is 2. The number of benzene rings is 1. The minimum Gasteiger partial charge on any atom is -0.469 e. The van der Waals surface area contributed by atoms with E-state index in [0.717, 1.165) is 30.6 Å². The lowest BCUT2D eigenvalue weighted by molar-refractivity contribution is -0.140. The molecule has 2 N–H and O–H groups in total. The predicted octanol–water partition coefficient (Wildman–Crippen LogP) is 3.31. The molecule has 172 valence electrons. The standard InChI is InChI=1S/C22H28N4O4S2/c1-14-19(21(29)24-12-11-18(27)30-2)32-22(26(14)16-5-3-4-6-16)25-20(28)15-7-9-17(10-8-15)31-13-23/h7-10,13-14,16,19,23H,3-6,11-12H2,1-2H3,(H,24,29). The van der Waals surface area contributed by atoms with Crippen LogP contribution >= 0.6 is 23.5 Å². The zero-order chi connectivity index (χ0) is 23.1. The Morgan fingerprint density at radius 2 is 1.97 bits per heavy atom. The van der Waals surface area contributed by atoms with Gasteiger partial charge in [-0.25, -0.2) is 0 Å². The van der Waals surface area contributed by atoms with Crippen LogP contribution in [0.4, 0.5) is 0 Å². The molecule has 1 aliphatic heterocycles.